The molecule has 2 aromatic carbocycles. The fourth-order valence-electron chi connectivity index (χ4n) is 3.50. The lowest BCUT2D eigenvalue weighted by molar-refractivity contribution is -0.120. The molecule has 1 amide bonds. The molecule has 0 fully saturated rings. The molecule has 0 aliphatic carbocycles. The fourth-order valence-corrected chi connectivity index (χ4v) is 4.86. The normalized spacial score (nSPS) is 21.3. The number of nitrogens with zero attached hydrogens (tertiary/aromatic N) is 1. The summed E-state index contributed by atoms with van der Waals surface area (Å²) >= 11 is -0.728. The molecule has 2 aliphatic heterocycles. The highest BCUT2D eigenvalue weighted by atomic mass is 32.2. The number of nitrogens with one attached hydrogen (secondary N) is 4. The fraction of sp³-hybridized carbons (Fsp3) is 0.273. The van der Waals surface area contributed by atoms with Crippen molar-refractivity contribution in [2.24, 2.45) is 4.99 Å². The molecule has 0 radical (unpaired) electrons. The molecule has 0 saturated carbocycles. The van der Waals surface area contributed by atoms with Crippen molar-refractivity contribution in [3.05, 3.63) is 76.8 Å². The molecule has 0 spiro atoms. The van der Waals surface area contributed by atoms with E-state index in [2.05, 4.69) is 38.0 Å². The van der Waals surface area contributed by atoms with Crippen LogP contribution in [0.15, 0.2) is 70.7 Å². The van der Waals surface area contributed by atoms with Gasteiger partial charge in [-0.15, -0.1) is 17.2 Å². The molecule has 0 saturated heterocycles. The molecule has 33 heavy (non-hydrogen) atoms. The number of amides is 1. The van der Waals surface area contributed by atoms with Crippen LogP contribution in [0.4, 0.5) is 5.69 Å². The summed E-state index contributed by atoms with van der Waals surface area (Å²) in [6, 6.07) is 16.8. The van der Waals surface area contributed by atoms with Crippen molar-refractivity contribution in [3.63, 3.8) is 0 Å². The predicted molar refractivity (Wildman–Crippen MR) is 128 cm³/mol. The predicted octanol–water partition coefficient (Wildman–Crippen LogP) is 2.47. The van der Waals surface area contributed by atoms with Gasteiger partial charge in [-0.25, -0.2) is 4.99 Å². The zero-order valence-corrected chi connectivity index (χ0v) is 19.4. The molecular formula is C22H24N5O4S2-. The van der Waals surface area contributed by atoms with E-state index in [1.807, 2.05) is 42.7 Å². The maximum Gasteiger partial charge on any atom is 0.229 e. The Bertz CT molecular complexity index is 1060. The van der Waals surface area contributed by atoms with Gasteiger partial charge in [-0.3, -0.25) is 9.00 Å². The van der Waals surface area contributed by atoms with E-state index >= 15 is 0 Å². The van der Waals surface area contributed by atoms with Crippen LogP contribution in [-0.4, -0.2) is 32.8 Å². The van der Waals surface area contributed by atoms with Gasteiger partial charge in [0.05, 0.1) is 6.04 Å². The smallest absolute Gasteiger partial charge is 0.229 e. The van der Waals surface area contributed by atoms with Crippen LogP contribution >= 0.6 is 11.8 Å². The quantitative estimate of drug-likeness (QED) is 0.401. The summed E-state index contributed by atoms with van der Waals surface area (Å²) in [5, 5.41) is 8.69. The van der Waals surface area contributed by atoms with Crippen molar-refractivity contribution in [3.8, 4) is 0 Å². The number of hydrogen-bond donors (Lipinski definition) is 4. The third-order valence-electron chi connectivity index (χ3n) is 5.03. The Morgan fingerprint density at radius 1 is 1.24 bits per heavy atom. The maximum atomic E-state index is 12.7. The largest absolute Gasteiger partial charge is 0.755 e. The third kappa shape index (κ3) is 6.57. The van der Waals surface area contributed by atoms with E-state index in [1.165, 1.54) is 0 Å². The van der Waals surface area contributed by atoms with E-state index in [1.54, 1.807) is 23.9 Å². The lowest BCUT2D eigenvalue weighted by Gasteiger charge is -2.23. The summed E-state index contributed by atoms with van der Waals surface area (Å²) in [6.45, 7) is 1.84. The highest BCUT2D eigenvalue weighted by molar-refractivity contribution is 8.02. The van der Waals surface area contributed by atoms with Crippen molar-refractivity contribution in [2.45, 2.75) is 37.3 Å². The Labute approximate surface area is 198 Å². The van der Waals surface area contributed by atoms with Crippen LogP contribution in [0.3, 0.4) is 0 Å². The lowest BCUT2D eigenvalue weighted by Crippen LogP contribution is -2.41. The molecule has 2 aromatic rings. The van der Waals surface area contributed by atoms with E-state index in [0.29, 0.717) is 18.0 Å². The average Bonchev–Trinajstić information content (AvgIpc) is 3.44. The molecule has 0 aromatic heterocycles. The number of benzene rings is 2. The molecular weight excluding hydrogens is 462 g/mol. The van der Waals surface area contributed by atoms with Gasteiger partial charge in [-0.2, -0.15) is 0 Å². The number of hydrogen-bond acceptors (Lipinski definition) is 8. The Morgan fingerprint density at radius 2 is 2.00 bits per heavy atom. The lowest BCUT2D eigenvalue weighted by atomic mass is 10.0. The molecule has 4 atom stereocenters. The minimum absolute atomic E-state index is 0.0363. The van der Waals surface area contributed by atoms with Crippen LogP contribution in [0.1, 0.15) is 29.8 Å². The van der Waals surface area contributed by atoms with E-state index in [0.717, 1.165) is 16.8 Å². The zero-order valence-electron chi connectivity index (χ0n) is 17.8. The minimum Gasteiger partial charge on any atom is -0.755 e. The summed E-state index contributed by atoms with van der Waals surface area (Å²) in [5.41, 5.74) is 6.18. The van der Waals surface area contributed by atoms with Gasteiger partial charge in [0, 0.05) is 22.7 Å². The number of carbonyl (C=O) groups excluding carboxylic acids is 1. The molecule has 174 valence electrons. The van der Waals surface area contributed by atoms with Gasteiger partial charge < -0.3 is 24.7 Å². The third-order valence-corrected chi connectivity index (χ3v) is 6.49. The summed E-state index contributed by atoms with van der Waals surface area (Å²) in [6.07, 6.45) is 0.380. The molecule has 11 heteroatoms. The Morgan fingerprint density at radius 3 is 2.67 bits per heavy atom. The van der Waals surface area contributed by atoms with Gasteiger partial charge in [0.25, 0.3) is 0 Å². The Balaban J connectivity index is 1.46. The van der Waals surface area contributed by atoms with Gasteiger partial charge in [0.2, 0.25) is 11.8 Å². The topological polar surface area (TPSA) is 127 Å². The van der Waals surface area contributed by atoms with E-state index in [4.69, 9.17) is 4.84 Å². The van der Waals surface area contributed by atoms with E-state index in [9.17, 15) is 13.6 Å². The number of aliphatic imine (C=N–C) groups is 1. The van der Waals surface area contributed by atoms with Crippen LogP contribution in [0.2, 0.25) is 0 Å². The monoisotopic (exact) mass is 486 g/mol. The summed E-state index contributed by atoms with van der Waals surface area (Å²) in [4.78, 5) is 22.2. The van der Waals surface area contributed by atoms with Crippen molar-refractivity contribution < 1.29 is 18.4 Å². The van der Waals surface area contributed by atoms with Crippen molar-refractivity contribution in [1.82, 2.24) is 16.1 Å². The number of rotatable bonds is 9. The van der Waals surface area contributed by atoms with Crippen molar-refractivity contribution >= 4 is 40.5 Å². The molecule has 2 aliphatic rings. The first-order chi connectivity index (χ1) is 16.0. The maximum absolute atomic E-state index is 12.7. The van der Waals surface area contributed by atoms with Gasteiger partial charge in [0.15, 0.2) is 0 Å². The number of thioether (sulfide) groups is 1. The minimum atomic E-state index is -2.38. The SMILES string of the molecule is CC1N=C(CC(=O)N[C@@H](Cc2ccc(NS(=O)[O-])cc2)C2=CSC(c3ccccc3)N2)ON1. The summed E-state index contributed by atoms with van der Waals surface area (Å²) in [7, 11) is 0. The molecule has 4 N–H and O–H groups in total. The first-order valence-electron chi connectivity index (χ1n) is 10.4. The second kappa shape index (κ2) is 10.8. The van der Waals surface area contributed by atoms with Gasteiger partial charge >= 0.3 is 0 Å². The van der Waals surface area contributed by atoms with E-state index < -0.39 is 11.3 Å². The van der Waals surface area contributed by atoms with Crippen LogP contribution in [0.5, 0.6) is 0 Å². The standard InChI is InChI=1S/C22H25N5O4S2/c1-14-23-21(31-26-14)12-20(28)24-18(11-15-7-9-17(10-8-15)27-33(29)30)19-13-32-22(25-19)16-5-3-2-4-6-16/h2-10,13-14,18,22,25-27H,11-12H2,1H3,(H,24,28)(H,29,30)/p-1/t14?,18-,22?/m0/s1. The number of anilines is 1. The second-order valence-corrected chi connectivity index (χ2v) is 9.25. The first-order valence-corrected chi connectivity index (χ1v) is 12.4. The van der Waals surface area contributed by atoms with Crippen LogP contribution in [0, 0.1) is 0 Å². The van der Waals surface area contributed by atoms with Gasteiger partial charge in [-0.1, -0.05) is 42.5 Å². The average molecular weight is 487 g/mol. The molecule has 2 heterocycles. The van der Waals surface area contributed by atoms with E-state index in [-0.39, 0.29) is 29.9 Å². The van der Waals surface area contributed by atoms with Crippen molar-refractivity contribution in [2.75, 3.05) is 4.72 Å². The van der Waals surface area contributed by atoms with Crippen LogP contribution < -0.4 is 20.8 Å². The van der Waals surface area contributed by atoms with Crippen LogP contribution in [-0.2, 0) is 27.3 Å². The summed E-state index contributed by atoms with van der Waals surface area (Å²) in [5.74, 6) is 0.148. The molecule has 9 nitrogen and oxygen atoms in total. The summed E-state index contributed by atoms with van der Waals surface area (Å²) < 4.78 is 24.0. The second-order valence-electron chi connectivity index (χ2n) is 7.60. The molecule has 0 bridgehead atoms. The highest BCUT2D eigenvalue weighted by Crippen LogP contribution is 2.35. The van der Waals surface area contributed by atoms with Crippen LogP contribution in [0.25, 0.3) is 0 Å². The Hall–Kier alpha value is -2.86. The molecule has 3 unspecified atom stereocenters. The first kappa shape index (κ1) is 23.3. The number of carbonyl (C=O) groups is 1. The molecule has 4 rings (SSSR count). The van der Waals surface area contributed by atoms with Crippen molar-refractivity contribution in [1.29, 1.82) is 0 Å². The Kier molecular flexibility index (Phi) is 7.65. The van der Waals surface area contributed by atoms with Gasteiger partial charge in [-0.05, 0) is 42.0 Å². The highest BCUT2D eigenvalue weighted by Gasteiger charge is 2.27. The zero-order chi connectivity index (χ0) is 23.2. The number of hydroxylamine groups is 1. The van der Waals surface area contributed by atoms with Gasteiger partial charge in [0.1, 0.15) is 18.0 Å².